The molecule has 0 saturated heterocycles. The molecule has 1 aromatic carbocycles. The first-order valence-corrected chi connectivity index (χ1v) is 6.81. The molecule has 3 heteroatoms. The summed E-state index contributed by atoms with van der Waals surface area (Å²) in [5.74, 6) is 1.43. The molecule has 0 saturated carbocycles. The molecular weight excluding hydrogens is 236 g/mol. The fourth-order valence-corrected chi connectivity index (χ4v) is 2.05. The van der Waals surface area contributed by atoms with Crippen molar-refractivity contribution in [2.45, 2.75) is 46.2 Å². The molecular formula is C16H22N2O. The lowest BCUT2D eigenvalue weighted by atomic mass is 9.99. The van der Waals surface area contributed by atoms with Crippen LogP contribution in [0.2, 0.25) is 0 Å². The van der Waals surface area contributed by atoms with Gasteiger partial charge in [0, 0.05) is 18.7 Å². The van der Waals surface area contributed by atoms with Gasteiger partial charge in [0.1, 0.15) is 5.76 Å². The van der Waals surface area contributed by atoms with Crippen LogP contribution in [0.25, 0.3) is 0 Å². The summed E-state index contributed by atoms with van der Waals surface area (Å²) in [5, 5.41) is 7.44. The Morgan fingerprint density at radius 1 is 1.11 bits per heavy atom. The Balaban J connectivity index is 1.94. The maximum Gasteiger partial charge on any atom is 0.133 e. The molecule has 0 aliphatic carbocycles. The second kappa shape index (κ2) is 6.02. The van der Waals surface area contributed by atoms with Crippen LogP contribution in [0.15, 0.2) is 34.9 Å². The molecule has 2 aromatic rings. The Labute approximate surface area is 115 Å². The molecule has 1 heterocycles. The van der Waals surface area contributed by atoms with Crippen LogP contribution >= 0.6 is 0 Å². The Bertz CT molecular complexity index is 514. The largest absolute Gasteiger partial charge is 0.361 e. The van der Waals surface area contributed by atoms with Crippen LogP contribution in [0.4, 0.5) is 0 Å². The van der Waals surface area contributed by atoms with Crippen molar-refractivity contribution in [3.63, 3.8) is 0 Å². The molecule has 3 nitrogen and oxygen atoms in total. The van der Waals surface area contributed by atoms with Crippen LogP contribution in [-0.4, -0.2) is 5.16 Å². The molecule has 1 N–H and O–H groups in total. The number of hydrogen-bond donors (Lipinski definition) is 1. The van der Waals surface area contributed by atoms with Gasteiger partial charge in [-0.3, -0.25) is 0 Å². The Morgan fingerprint density at radius 3 is 2.26 bits per heavy atom. The van der Waals surface area contributed by atoms with E-state index < -0.39 is 0 Å². The summed E-state index contributed by atoms with van der Waals surface area (Å²) in [6.45, 7) is 9.22. The van der Waals surface area contributed by atoms with E-state index >= 15 is 0 Å². The number of benzene rings is 1. The fourth-order valence-electron chi connectivity index (χ4n) is 2.05. The third kappa shape index (κ3) is 3.67. The lowest BCUT2D eigenvalue weighted by Crippen LogP contribution is -2.18. The zero-order valence-corrected chi connectivity index (χ0v) is 12.1. The zero-order valence-electron chi connectivity index (χ0n) is 12.1. The minimum absolute atomic E-state index is 0.304. The lowest BCUT2D eigenvalue weighted by Gasteiger charge is -2.14. The standard InChI is InChI=1S/C16H22N2O/c1-11(2)14-5-7-15(8-6-14)13(4)17-10-16-9-12(3)19-18-16/h5-9,11,13,17H,10H2,1-4H3. The molecule has 1 unspecified atom stereocenters. The van der Waals surface area contributed by atoms with Gasteiger partial charge >= 0.3 is 0 Å². The van der Waals surface area contributed by atoms with Crippen molar-refractivity contribution in [1.29, 1.82) is 0 Å². The third-order valence-electron chi connectivity index (χ3n) is 3.37. The monoisotopic (exact) mass is 258 g/mol. The molecule has 0 amide bonds. The smallest absolute Gasteiger partial charge is 0.133 e. The first kappa shape index (κ1) is 13.8. The Hall–Kier alpha value is -1.61. The van der Waals surface area contributed by atoms with Crippen molar-refractivity contribution in [2.75, 3.05) is 0 Å². The topological polar surface area (TPSA) is 38.1 Å². The number of aromatic nitrogens is 1. The van der Waals surface area contributed by atoms with Gasteiger partial charge in [0.05, 0.1) is 5.69 Å². The molecule has 1 atom stereocenters. The van der Waals surface area contributed by atoms with E-state index in [1.165, 1.54) is 11.1 Å². The highest BCUT2D eigenvalue weighted by Crippen LogP contribution is 2.18. The minimum atomic E-state index is 0.304. The first-order valence-electron chi connectivity index (χ1n) is 6.81. The average Bonchev–Trinajstić information content (AvgIpc) is 2.82. The maximum absolute atomic E-state index is 5.05. The summed E-state index contributed by atoms with van der Waals surface area (Å²) in [7, 11) is 0. The quantitative estimate of drug-likeness (QED) is 0.882. The van der Waals surface area contributed by atoms with Crippen LogP contribution in [0.5, 0.6) is 0 Å². The van der Waals surface area contributed by atoms with E-state index in [0.717, 1.165) is 18.0 Å². The molecule has 0 radical (unpaired) electrons. The van der Waals surface area contributed by atoms with Gasteiger partial charge in [-0.15, -0.1) is 0 Å². The van der Waals surface area contributed by atoms with Crippen molar-refractivity contribution in [2.24, 2.45) is 0 Å². The summed E-state index contributed by atoms with van der Waals surface area (Å²) in [6, 6.07) is 11.1. The van der Waals surface area contributed by atoms with E-state index in [1.807, 2.05) is 13.0 Å². The SMILES string of the molecule is Cc1cc(CNC(C)c2ccc(C(C)C)cc2)no1. The van der Waals surface area contributed by atoms with E-state index in [0.29, 0.717) is 12.0 Å². The maximum atomic E-state index is 5.05. The normalized spacial score (nSPS) is 12.9. The van der Waals surface area contributed by atoms with Gasteiger partial charge in [-0.1, -0.05) is 43.3 Å². The van der Waals surface area contributed by atoms with Crippen molar-refractivity contribution in [3.05, 3.63) is 52.9 Å². The zero-order chi connectivity index (χ0) is 13.8. The number of hydrogen-bond acceptors (Lipinski definition) is 3. The van der Waals surface area contributed by atoms with Gasteiger partial charge in [0.2, 0.25) is 0 Å². The van der Waals surface area contributed by atoms with Crippen molar-refractivity contribution in [3.8, 4) is 0 Å². The molecule has 102 valence electrons. The minimum Gasteiger partial charge on any atom is -0.361 e. The highest BCUT2D eigenvalue weighted by atomic mass is 16.5. The Kier molecular flexibility index (Phi) is 4.38. The first-order chi connectivity index (χ1) is 9.06. The molecule has 19 heavy (non-hydrogen) atoms. The van der Waals surface area contributed by atoms with Crippen LogP contribution in [-0.2, 0) is 6.54 Å². The fraction of sp³-hybridized carbons (Fsp3) is 0.438. The summed E-state index contributed by atoms with van der Waals surface area (Å²) in [4.78, 5) is 0. The molecule has 2 rings (SSSR count). The van der Waals surface area contributed by atoms with E-state index in [1.54, 1.807) is 0 Å². The molecule has 0 bridgehead atoms. The Morgan fingerprint density at radius 2 is 1.74 bits per heavy atom. The second-order valence-corrected chi connectivity index (χ2v) is 5.35. The van der Waals surface area contributed by atoms with Crippen molar-refractivity contribution >= 4 is 0 Å². The predicted octanol–water partition coefficient (Wildman–Crippen LogP) is 3.96. The van der Waals surface area contributed by atoms with E-state index in [-0.39, 0.29) is 0 Å². The van der Waals surface area contributed by atoms with Gasteiger partial charge in [-0.05, 0) is 30.9 Å². The van der Waals surface area contributed by atoms with Crippen LogP contribution in [0.1, 0.15) is 55.3 Å². The summed E-state index contributed by atoms with van der Waals surface area (Å²) >= 11 is 0. The van der Waals surface area contributed by atoms with Crippen LogP contribution in [0, 0.1) is 6.92 Å². The van der Waals surface area contributed by atoms with E-state index in [4.69, 9.17) is 4.52 Å². The van der Waals surface area contributed by atoms with Gasteiger partial charge in [-0.25, -0.2) is 0 Å². The predicted molar refractivity (Wildman–Crippen MR) is 77.0 cm³/mol. The van der Waals surface area contributed by atoms with Crippen LogP contribution < -0.4 is 5.32 Å². The lowest BCUT2D eigenvalue weighted by molar-refractivity contribution is 0.386. The van der Waals surface area contributed by atoms with Gasteiger partial charge in [0.15, 0.2) is 0 Å². The molecule has 0 aliphatic rings. The van der Waals surface area contributed by atoms with E-state index in [2.05, 4.69) is 55.5 Å². The highest BCUT2D eigenvalue weighted by Gasteiger charge is 2.07. The summed E-state index contributed by atoms with van der Waals surface area (Å²) in [5.41, 5.74) is 3.62. The number of rotatable bonds is 5. The summed E-state index contributed by atoms with van der Waals surface area (Å²) in [6.07, 6.45) is 0. The van der Waals surface area contributed by atoms with Gasteiger partial charge in [-0.2, -0.15) is 0 Å². The van der Waals surface area contributed by atoms with E-state index in [9.17, 15) is 0 Å². The van der Waals surface area contributed by atoms with Gasteiger partial charge in [0.25, 0.3) is 0 Å². The molecule has 0 aliphatic heterocycles. The number of aryl methyl sites for hydroxylation is 1. The van der Waals surface area contributed by atoms with Gasteiger partial charge < -0.3 is 9.84 Å². The third-order valence-corrected chi connectivity index (χ3v) is 3.37. The molecule has 0 fully saturated rings. The van der Waals surface area contributed by atoms with Crippen molar-refractivity contribution in [1.82, 2.24) is 10.5 Å². The second-order valence-electron chi connectivity index (χ2n) is 5.35. The molecule has 0 spiro atoms. The molecule has 1 aromatic heterocycles. The highest BCUT2D eigenvalue weighted by molar-refractivity contribution is 5.26. The number of nitrogens with one attached hydrogen (secondary N) is 1. The van der Waals surface area contributed by atoms with Crippen LogP contribution in [0.3, 0.4) is 0 Å². The summed E-state index contributed by atoms with van der Waals surface area (Å²) < 4.78 is 5.05. The number of nitrogens with zero attached hydrogens (tertiary/aromatic N) is 1. The van der Waals surface area contributed by atoms with Crippen molar-refractivity contribution < 1.29 is 4.52 Å². The average molecular weight is 258 g/mol.